The molecule has 2 N–H and O–H groups in total. The van der Waals surface area contributed by atoms with Gasteiger partial charge in [0.25, 0.3) is 0 Å². The lowest BCUT2D eigenvalue weighted by Crippen LogP contribution is -2.41. The zero-order chi connectivity index (χ0) is 18.0. The lowest BCUT2D eigenvalue weighted by molar-refractivity contribution is -0.133. The number of benzene rings is 1. The van der Waals surface area contributed by atoms with Crippen molar-refractivity contribution in [2.24, 2.45) is 5.73 Å². The van der Waals surface area contributed by atoms with Crippen LogP contribution in [-0.2, 0) is 30.7 Å². The maximum atomic E-state index is 13.2. The van der Waals surface area contributed by atoms with Gasteiger partial charge in [0.15, 0.2) is 17.5 Å². The third-order valence-electron chi connectivity index (χ3n) is 4.42. The highest BCUT2D eigenvalue weighted by Crippen LogP contribution is 2.15. The van der Waals surface area contributed by atoms with Crippen LogP contribution in [-0.4, -0.2) is 38.2 Å². The van der Waals surface area contributed by atoms with E-state index in [1.807, 2.05) is 11.5 Å². The lowest BCUT2D eigenvalue weighted by atomic mass is 10.0. The molecule has 1 unspecified atom stereocenters. The van der Waals surface area contributed by atoms with Gasteiger partial charge in [0.2, 0.25) is 5.91 Å². The van der Waals surface area contributed by atoms with Crippen LogP contribution in [0.15, 0.2) is 18.2 Å². The fourth-order valence-electron chi connectivity index (χ4n) is 3.09. The molecule has 134 valence electrons. The van der Waals surface area contributed by atoms with E-state index in [1.165, 1.54) is 6.07 Å². The van der Waals surface area contributed by atoms with Gasteiger partial charge in [0.1, 0.15) is 5.82 Å². The van der Waals surface area contributed by atoms with Crippen LogP contribution in [0.3, 0.4) is 0 Å². The van der Waals surface area contributed by atoms with E-state index >= 15 is 0 Å². The summed E-state index contributed by atoms with van der Waals surface area (Å²) in [4.78, 5) is 14.2. The summed E-state index contributed by atoms with van der Waals surface area (Å²) in [7, 11) is 0. The van der Waals surface area contributed by atoms with Crippen LogP contribution < -0.4 is 5.73 Å². The molecule has 8 heteroatoms. The molecular weight excluding hydrogens is 328 g/mol. The molecule has 1 aliphatic heterocycles. The summed E-state index contributed by atoms with van der Waals surface area (Å²) in [6.45, 7) is 3.71. The Morgan fingerprint density at radius 2 is 2.08 bits per heavy atom. The number of nitrogens with two attached hydrogens (primary N) is 1. The van der Waals surface area contributed by atoms with Crippen molar-refractivity contribution in [3.8, 4) is 0 Å². The number of hydrogen-bond donors (Lipinski definition) is 1. The predicted octanol–water partition coefficient (Wildman–Crippen LogP) is 1.42. The number of halogens is 2. The molecule has 1 atom stereocenters. The molecule has 1 aromatic carbocycles. The first-order valence-corrected chi connectivity index (χ1v) is 8.36. The number of nitrogens with zero attached hydrogens (tertiary/aromatic N) is 4. The molecule has 1 amide bonds. The fraction of sp³-hybridized carbons (Fsp3) is 0.471. The van der Waals surface area contributed by atoms with E-state index in [-0.39, 0.29) is 12.3 Å². The van der Waals surface area contributed by atoms with Gasteiger partial charge in [-0.2, -0.15) is 0 Å². The van der Waals surface area contributed by atoms with Crippen molar-refractivity contribution in [3.05, 3.63) is 47.0 Å². The first kappa shape index (κ1) is 17.5. The molecule has 0 spiro atoms. The van der Waals surface area contributed by atoms with E-state index in [2.05, 4.69) is 10.2 Å². The number of amides is 1. The van der Waals surface area contributed by atoms with Gasteiger partial charge in [-0.1, -0.05) is 13.0 Å². The third-order valence-corrected chi connectivity index (χ3v) is 4.42. The number of aromatic nitrogens is 3. The van der Waals surface area contributed by atoms with E-state index in [1.54, 1.807) is 4.90 Å². The minimum Gasteiger partial charge on any atom is -0.333 e. The molecule has 1 aromatic heterocycles. The van der Waals surface area contributed by atoms with Crippen molar-refractivity contribution in [2.75, 3.05) is 6.54 Å². The zero-order valence-electron chi connectivity index (χ0n) is 14.1. The fourth-order valence-corrected chi connectivity index (χ4v) is 3.09. The van der Waals surface area contributed by atoms with Crippen LogP contribution in [0.1, 0.15) is 30.6 Å². The number of hydrogen-bond acceptors (Lipinski definition) is 4. The molecule has 0 aliphatic carbocycles. The van der Waals surface area contributed by atoms with Gasteiger partial charge < -0.3 is 15.2 Å². The van der Waals surface area contributed by atoms with Gasteiger partial charge in [0, 0.05) is 32.0 Å². The Hall–Kier alpha value is -2.35. The summed E-state index contributed by atoms with van der Waals surface area (Å²) in [6.07, 6.45) is 1.26. The Bertz CT molecular complexity index is 776. The van der Waals surface area contributed by atoms with Crippen LogP contribution in [0.25, 0.3) is 0 Å². The number of carbonyl (C=O) groups excluding carboxylic acids is 1. The molecule has 25 heavy (non-hydrogen) atoms. The Kier molecular flexibility index (Phi) is 5.08. The molecular formula is C17H21F2N5O. The van der Waals surface area contributed by atoms with Crippen LogP contribution in [0.2, 0.25) is 0 Å². The molecule has 0 bridgehead atoms. The average molecular weight is 349 g/mol. The van der Waals surface area contributed by atoms with Crippen molar-refractivity contribution >= 4 is 5.91 Å². The molecule has 1 aliphatic rings. The summed E-state index contributed by atoms with van der Waals surface area (Å²) < 4.78 is 28.3. The normalized spacial score (nSPS) is 15.1. The van der Waals surface area contributed by atoms with E-state index in [4.69, 9.17) is 5.73 Å². The predicted molar refractivity (Wildman–Crippen MR) is 87.5 cm³/mol. The van der Waals surface area contributed by atoms with E-state index in [9.17, 15) is 13.6 Å². The number of fused-ring (bicyclic) bond motifs is 1. The van der Waals surface area contributed by atoms with Gasteiger partial charge in [-0.15, -0.1) is 10.2 Å². The van der Waals surface area contributed by atoms with E-state index < -0.39 is 17.7 Å². The summed E-state index contributed by atoms with van der Waals surface area (Å²) in [6, 6.07) is 3.22. The zero-order valence-corrected chi connectivity index (χ0v) is 14.1. The van der Waals surface area contributed by atoms with Crippen molar-refractivity contribution in [1.29, 1.82) is 0 Å². The smallest absolute Gasteiger partial charge is 0.224 e. The Labute approximate surface area is 144 Å². The SMILES string of the molecule is CCc1nnc2n1CCN(C(=O)CC(N)Cc1ccc(F)c(F)c1)C2. The quantitative estimate of drug-likeness (QED) is 0.886. The van der Waals surface area contributed by atoms with Gasteiger partial charge in [0.05, 0.1) is 6.54 Å². The van der Waals surface area contributed by atoms with Gasteiger partial charge in [-0.05, 0) is 24.1 Å². The second-order valence-corrected chi connectivity index (χ2v) is 6.27. The van der Waals surface area contributed by atoms with Gasteiger partial charge >= 0.3 is 0 Å². The molecule has 0 saturated heterocycles. The number of carbonyl (C=O) groups is 1. The molecule has 2 aromatic rings. The Morgan fingerprint density at radius 3 is 2.80 bits per heavy atom. The monoisotopic (exact) mass is 349 g/mol. The van der Waals surface area contributed by atoms with Crippen molar-refractivity contribution in [3.63, 3.8) is 0 Å². The molecule has 2 heterocycles. The number of aryl methyl sites for hydroxylation is 1. The molecule has 0 radical (unpaired) electrons. The summed E-state index contributed by atoms with van der Waals surface area (Å²) in [5.41, 5.74) is 6.60. The molecule has 6 nitrogen and oxygen atoms in total. The van der Waals surface area contributed by atoms with E-state index in [0.717, 1.165) is 30.2 Å². The van der Waals surface area contributed by atoms with E-state index in [0.29, 0.717) is 31.6 Å². The minimum atomic E-state index is -0.905. The third kappa shape index (κ3) is 3.84. The first-order valence-electron chi connectivity index (χ1n) is 8.36. The van der Waals surface area contributed by atoms with Gasteiger partial charge in [-0.3, -0.25) is 4.79 Å². The Morgan fingerprint density at radius 1 is 1.28 bits per heavy atom. The number of rotatable bonds is 5. The highest BCUT2D eigenvalue weighted by molar-refractivity contribution is 5.76. The second-order valence-electron chi connectivity index (χ2n) is 6.27. The maximum absolute atomic E-state index is 13.2. The molecule has 0 fully saturated rings. The first-order chi connectivity index (χ1) is 12.0. The second kappa shape index (κ2) is 7.26. The van der Waals surface area contributed by atoms with Crippen LogP contribution in [0, 0.1) is 11.6 Å². The largest absolute Gasteiger partial charge is 0.333 e. The standard InChI is InChI=1S/C17H21F2N5O/c1-2-15-21-22-16-10-23(5-6-24(15)16)17(25)9-12(20)7-11-3-4-13(18)14(19)8-11/h3-4,8,12H,2,5-7,9-10,20H2,1H3. The summed E-state index contributed by atoms with van der Waals surface area (Å²) in [5.74, 6) is -0.152. The highest BCUT2D eigenvalue weighted by Gasteiger charge is 2.25. The molecule has 3 rings (SSSR count). The topological polar surface area (TPSA) is 77.0 Å². The van der Waals surface area contributed by atoms with Crippen LogP contribution >= 0.6 is 0 Å². The van der Waals surface area contributed by atoms with Crippen LogP contribution in [0.5, 0.6) is 0 Å². The Balaban J connectivity index is 1.57. The van der Waals surface area contributed by atoms with Gasteiger partial charge in [-0.25, -0.2) is 8.78 Å². The maximum Gasteiger partial charge on any atom is 0.224 e. The van der Waals surface area contributed by atoms with Crippen molar-refractivity contribution in [1.82, 2.24) is 19.7 Å². The highest BCUT2D eigenvalue weighted by atomic mass is 19.2. The summed E-state index contributed by atoms with van der Waals surface area (Å²) >= 11 is 0. The van der Waals surface area contributed by atoms with Crippen molar-refractivity contribution in [2.45, 2.75) is 45.3 Å². The van der Waals surface area contributed by atoms with Crippen LogP contribution in [0.4, 0.5) is 8.78 Å². The summed E-state index contributed by atoms with van der Waals surface area (Å²) in [5, 5.41) is 8.26. The average Bonchev–Trinajstić information content (AvgIpc) is 3.00. The lowest BCUT2D eigenvalue weighted by Gasteiger charge is -2.28. The minimum absolute atomic E-state index is 0.0672. The molecule has 0 saturated carbocycles. The van der Waals surface area contributed by atoms with Crippen molar-refractivity contribution < 1.29 is 13.6 Å².